The van der Waals surface area contributed by atoms with Crippen LogP contribution in [0.2, 0.25) is 0 Å². The first-order valence-electron chi connectivity index (χ1n) is 12.6. The zero-order chi connectivity index (χ0) is 25.8. The molecular formula is C29H35FN4O2. The van der Waals surface area contributed by atoms with Crippen LogP contribution in [0.1, 0.15) is 39.8 Å². The summed E-state index contributed by atoms with van der Waals surface area (Å²) in [6.07, 6.45) is 0.868. The number of halogens is 1. The smallest absolute Gasteiger partial charge is 0.238 e. The number of benzene rings is 2. The first-order chi connectivity index (χ1) is 17.3. The molecule has 0 bridgehead atoms. The number of ketones is 1. The van der Waals surface area contributed by atoms with Gasteiger partial charge in [0.15, 0.2) is 5.78 Å². The van der Waals surface area contributed by atoms with E-state index in [9.17, 15) is 14.0 Å². The SMILES string of the molecule is CCc1ccccc1NC(=O)CN1CCN(CC(=O)c2cc(C)n(-c3ccc(C)c(F)c3)c2C)CC1. The molecular weight excluding hydrogens is 455 g/mol. The highest BCUT2D eigenvalue weighted by Crippen LogP contribution is 2.23. The lowest BCUT2D eigenvalue weighted by Crippen LogP contribution is -2.49. The van der Waals surface area contributed by atoms with E-state index < -0.39 is 0 Å². The van der Waals surface area contributed by atoms with Crippen molar-refractivity contribution in [2.75, 3.05) is 44.6 Å². The van der Waals surface area contributed by atoms with E-state index >= 15 is 0 Å². The Bertz CT molecular complexity index is 1260. The van der Waals surface area contributed by atoms with E-state index in [0.717, 1.165) is 60.9 Å². The lowest BCUT2D eigenvalue weighted by atomic mass is 10.1. The molecule has 0 saturated carbocycles. The number of aromatic nitrogens is 1. The van der Waals surface area contributed by atoms with Crippen molar-refractivity contribution >= 4 is 17.4 Å². The lowest BCUT2D eigenvalue weighted by molar-refractivity contribution is -0.117. The molecule has 3 aromatic rings. The van der Waals surface area contributed by atoms with Gasteiger partial charge < -0.3 is 9.88 Å². The fraction of sp³-hybridized carbons (Fsp3) is 0.379. The second kappa shape index (κ2) is 11.2. The summed E-state index contributed by atoms with van der Waals surface area (Å²) in [6, 6.07) is 14.9. The standard InChI is InChI=1S/C29H35FN4O2/c1-5-23-8-6-7-9-27(23)31-29(36)19-33-14-12-32(13-15-33)18-28(35)25-16-21(3)34(22(25)4)24-11-10-20(2)26(30)17-24/h6-11,16-17H,5,12-15,18-19H2,1-4H3,(H,31,36). The Labute approximate surface area is 212 Å². The van der Waals surface area contributed by atoms with Crippen molar-refractivity contribution in [3.05, 3.63) is 82.4 Å². The van der Waals surface area contributed by atoms with Gasteiger partial charge in [-0.05, 0) is 62.6 Å². The van der Waals surface area contributed by atoms with Crippen LogP contribution in [0.25, 0.3) is 5.69 Å². The van der Waals surface area contributed by atoms with Gasteiger partial charge in [0.1, 0.15) is 5.82 Å². The van der Waals surface area contributed by atoms with Crippen molar-refractivity contribution in [3.8, 4) is 5.69 Å². The van der Waals surface area contributed by atoms with E-state index in [4.69, 9.17) is 0 Å². The molecule has 0 atom stereocenters. The van der Waals surface area contributed by atoms with E-state index in [1.807, 2.05) is 54.8 Å². The minimum atomic E-state index is -0.256. The van der Waals surface area contributed by atoms with Crippen LogP contribution in [0.3, 0.4) is 0 Å². The Morgan fingerprint density at radius 1 is 0.917 bits per heavy atom. The van der Waals surface area contributed by atoms with Gasteiger partial charge >= 0.3 is 0 Å². The zero-order valence-corrected chi connectivity index (χ0v) is 21.6. The highest BCUT2D eigenvalue weighted by atomic mass is 19.1. The maximum absolute atomic E-state index is 14.1. The normalized spacial score (nSPS) is 14.7. The average molecular weight is 491 g/mol. The van der Waals surface area contributed by atoms with Crippen LogP contribution >= 0.6 is 0 Å². The summed E-state index contributed by atoms with van der Waals surface area (Å²) < 4.78 is 16.1. The number of piperazine rings is 1. The fourth-order valence-electron chi connectivity index (χ4n) is 4.90. The van der Waals surface area contributed by atoms with Gasteiger partial charge in [0.05, 0.1) is 13.1 Å². The zero-order valence-electron chi connectivity index (χ0n) is 21.6. The number of nitrogens with one attached hydrogen (secondary N) is 1. The van der Waals surface area contributed by atoms with E-state index in [0.29, 0.717) is 24.2 Å². The van der Waals surface area contributed by atoms with Gasteiger partial charge in [0, 0.05) is 54.5 Å². The molecule has 2 heterocycles. The number of carbonyl (C=O) groups is 2. The first kappa shape index (κ1) is 25.8. The molecule has 1 aromatic heterocycles. The van der Waals surface area contributed by atoms with Gasteiger partial charge in [-0.15, -0.1) is 0 Å². The monoisotopic (exact) mass is 490 g/mol. The van der Waals surface area contributed by atoms with Gasteiger partial charge in [-0.25, -0.2) is 4.39 Å². The second-order valence-corrected chi connectivity index (χ2v) is 9.59. The van der Waals surface area contributed by atoms with E-state index in [2.05, 4.69) is 22.0 Å². The number of rotatable bonds is 8. The minimum absolute atomic E-state index is 0.0135. The Kier molecular flexibility index (Phi) is 8.01. The molecule has 0 unspecified atom stereocenters. The summed E-state index contributed by atoms with van der Waals surface area (Å²) >= 11 is 0. The third-order valence-electron chi connectivity index (χ3n) is 7.02. The number of para-hydroxylation sites is 1. The number of aryl methyl sites for hydroxylation is 3. The number of anilines is 1. The maximum atomic E-state index is 14.1. The predicted molar refractivity (Wildman–Crippen MR) is 142 cm³/mol. The van der Waals surface area contributed by atoms with Crippen molar-refractivity contribution in [3.63, 3.8) is 0 Å². The highest BCUT2D eigenvalue weighted by Gasteiger charge is 2.23. The summed E-state index contributed by atoms with van der Waals surface area (Å²) in [5, 5.41) is 3.03. The van der Waals surface area contributed by atoms with Gasteiger partial charge in [-0.3, -0.25) is 19.4 Å². The Morgan fingerprint density at radius 2 is 1.58 bits per heavy atom. The number of amides is 1. The van der Waals surface area contributed by atoms with Crippen LogP contribution in [0.15, 0.2) is 48.5 Å². The molecule has 36 heavy (non-hydrogen) atoms. The molecule has 1 amide bonds. The molecule has 0 radical (unpaired) electrons. The molecule has 6 nitrogen and oxygen atoms in total. The Balaban J connectivity index is 1.32. The molecule has 0 spiro atoms. The van der Waals surface area contributed by atoms with Crippen LogP contribution in [0.5, 0.6) is 0 Å². The molecule has 1 saturated heterocycles. The van der Waals surface area contributed by atoms with E-state index in [1.165, 1.54) is 6.07 Å². The molecule has 1 fully saturated rings. The third kappa shape index (κ3) is 5.74. The van der Waals surface area contributed by atoms with Crippen molar-refractivity contribution in [1.29, 1.82) is 0 Å². The van der Waals surface area contributed by atoms with Gasteiger partial charge in [-0.2, -0.15) is 0 Å². The maximum Gasteiger partial charge on any atom is 0.238 e. The van der Waals surface area contributed by atoms with Crippen LogP contribution in [-0.4, -0.2) is 65.3 Å². The number of carbonyl (C=O) groups excluding carboxylic acids is 2. The summed E-state index contributed by atoms with van der Waals surface area (Å²) in [4.78, 5) is 30.0. The number of hydrogen-bond donors (Lipinski definition) is 1. The van der Waals surface area contributed by atoms with Gasteiger partial charge in [0.25, 0.3) is 0 Å². The summed E-state index contributed by atoms with van der Waals surface area (Å²) in [5.41, 5.74) is 5.72. The van der Waals surface area contributed by atoms with Crippen molar-refractivity contribution in [1.82, 2.24) is 14.4 Å². The summed E-state index contributed by atoms with van der Waals surface area (Å²) in [5.74, 6) is -0.210. The molecule has 2 aromatic carbocycles. The Morgan fingerprint density at radius 3 is 2.25 bits per heavy atom. The summed E-state index contributed by atoms with van der Waals surface area (Å²) in [6.45, 7) is 11.3. The van der Waals surface area contributed by atoms with Gasteiger partial charge in [0.2, 0.25) is 5.91 Å². The predicted octanol–water partition coefficient (Wildman–Crippen LogP) is 4.54. The average Bonchev–Trinajstić information content (AvgIpc) is 3.16. The van der Waals surface area contributed by atoms with Gasteiger partial charge in [-0.1, -0.05) is 31.2 Å². The van der Waals surface area contributed by atoms with Crippen molar-refractivity contribution < 1.29 is 14.0 Å². The fourth-order valence-corrected chi connectivity index (χ4v) is 4.90. The second-order valence-electron chi connectivity index (χ2n) is 9.59. The lowest BCUT2D eigenvalue weighted by Gasteiger charge is -2.33. The van der Waals surface area contributed by atoms with Crippen LogP contribution in [0, 0.1) is 26.6 Å². The molecule has 0 aliphatic carbocycles. The Hall–Kier alpha value is -3.29. The minimum Gasteiger partial charge on any atom is -0.325 e. The highest BCUT2D eigenvalue weighted by molar-refractivity contribution is 5.99. The summed E-state index contributed by atoms with van der Waals surface area (Å²) in [7, 11) is 0. The molecule has 1 aliphatic rings. The van der Waals surface area contributed by atoms with Crippen LogP contribution in [-0.2, 0) is 11.2 Å². The van der Waals surface area contributed by atoms with E-state index in [1.54, 1.807) is 13.0 Å². The van der Waals surface area contributed by atoms with Crippen molar-refractivity contribution in [2.24, 2.45) is 0 Å². The molecule has 4 rings (SSSR count). The topological polar surface area (TPSA) is 57.6 Å². The molecule has 1 aliphatic heterocycles. The number of Topliss-reactive ketones (excluding diaryl/α,β-unsaturated/α-hetero) is 1. The molecule has 1 N–H and O–H groups in total. The first-order valence-corrected chi connectivity index (χ1v) is 12.6. The number of nitrogens with zero attached hydrogens (tertiary/aromatic N) is 3. The molecule has 190 valence electrons. The van der Waals surface area contributed by atoms with E-state index in [-0.39, 0.29) is 17.5 Å². The third-order valence-corrected chi connectivity index (χ3v) is 7.02. The molecule has 7 heteroatoms. The van der Waals surface area contributed by atoms with Crippen LogP contribution in [0.4, 0.5) is 10.1 Å². The number of hydrogen-bond acceptors (Lipinski definition) is 4. The van der Waals surface area contributed by atoms with Crippen LogP contribution < -0.4 is 5.32 Å². The quantitative estimate of drug-likeness (QED) is 0.471. The van der Waals surface area contributed by atoms with Crippen molar-refractivity contribution in [2.45, 2.75) is 34.1 Å². The largest absolute Gasteiger partial charge is 0.325 e.